The second-order valence-electron chi connectivity index (χ2n) is 3.93. The second-order valence-corrected chi connectivity index (χ2v) is 6.53. The van der Waals surface area contributed by atoms with Crippen LogP contribution in [0.5, 0.6) is 0 Å². The van der Waals surface area contributed by atoms with E-state index in [1.54, 1.807) is 6.20 Å². The van der Waals surface area contributed by atoms with Gasteiger partial charge in [-0.3, -0.25) is 10.2 Å². The minimum absolute atomic E-state index is 0.0607. The number of amides is 1. The predicted molar refractivity (Wildman–Crippen MR) is 77.4 cm³/mol. The Labute approximate surface area is 129 Å². The minimum Gasteiger partial charge on any atom is -0.356 e. The van der Waals surface area contributed by atoms with Crippen LogP contribution in [-0.2, 0) is 10.0 Å². The first-order valence-electron chi connectivity index (χ1n) is 5.58. The van der Waals surface area contributed by atoms with Gasteiger partial charge in [0.05, 0.1) is 16.5 Å². The van der Waals surface area contributed by atoms with Crippen LogP contribution in [0.1, 0.15) is 16.1 Å². The lowest BCUT2D eigenvalue weighted by molar-refractivity contribution is 0.0940. The van der Waals surface area contributed by atoms with Gasteiger partial charge in [-0.25, -0.2) is 8.42 Å². The van der Waals surface area contributed by atoms with E-state index < -0.39 is 15.9 Å². The number of nitrogens with zero attached hydrogens (tertiary/aromatic N) is 1. The average Bonchev–Trinajstić information content (AvgIpc) is 2.91. The maximum absolute atomic E-state index is 11.9. The summed E-state index contributed by atoms with van der Waals surface area (Å²) in [6.07, 6.45) is 1.55. The van der Waals surface area contributed by atoms with Crippen LogP contribution in [0.2, 0.25) is 0 Å². The first-order valence-corrected chi connectivity index (χ1v) is 7.86. The smallest absolute Gasteiger partial charge is 0.282 e. The van der Waals surface area contributed by atoms with Crippen LogP contribution in [0, 0.1) is 11.3 Å². The van der Waals surface area contributed by atoms with E-state index in [4.69, 9.17) is 5.26 Å². The summed E-state index contributed by atoms with van der Waals surface area (Å²) in [5.41, 5.74) is 2.63. The Morgan fingerprint density at radius 3 is 2.48 bits per heavy atom. The molecule has 108 valence electrons. The SMILES string of the molecule is N#Cc1ccc(S(=O)(=O)NNC(=O)c2cc(Br)c[nH]2)cc1. The van der Waals surface area contributed by atoms with E-state index in [0.717, 1.165) is 0 Å². The largest absolute Gasteiger partial charge is 0.356 e. The average molecular weight is 369 g/mol. The molecule has 0 spiro atoms. The van der Waals surface area contributed by atoms with Gasteiger partial charge in [0.15, 0.2) is 0 Å². The zero-order valence-electron chi connectivity index (χ0n) is 10.4. The van der Waals surface area contributed by atoms with Crippen molar-refractivity contribution in [3.63, 3.8) is 0 Å². The third-order valence-corrected chi connectivity index (χ3v) is 4.21. The van der Waals surface area contributed by atoms with Crippen LogP contribution >= 0.6 is 15.9 Å². The summed E-state index contributed by atoms with van der Waals surface area (Å²) in [4.78, 5) is 16.3. The van der Waals surface area contributed by atoms with E-state index in [9.17, 15) is 13.2 Å². The standard InChI is InChI=1S/C12H9BrN4O3S/c13-9-5-11(15-7-9)12(18)16-17-21(19,20)10-3-1-8(6-14)2-4-10/h1-5,7,15,17H,(H,16,18). The van der Waals surface area contributed by atoms with Crippen molar-refractivity contribution in [3.05, 3.63) is 52.3 Å². The molecule has 0 atom stereocenters. The van der Waals surface area contributed by atoms with Crippen LogP contribution in [0.4, 0.5) is 0 Å². The van der Waals surface area contributed by atoms with Crippen molar-refractivity contribution in [1.82, 2.24) is 15.2 Å². The van der Waals surface area contributed by atoms with Gasteiger partial charge in [-0.2, -0.15) is 5.26 Å². The number of sulfonamides is 1. The molecule has 21 heavy (non-hydrogen) atoms. The molecule has 0 saturated carbocycles. The molecule has 0 saturated heterocycles. The number of halogens is 1. The molecule has 0 aliphatic carbocycles. The zero-order chi connectivity index (χ0) is 15.5. The highest BCUT2D eigenvalue weighted by molar-refractivity contribution is 9.10. The molecule has 2 rings (SSSR count). The summed E-state index contributed by atoms with van der Waals surface area (Å²) in [5.74, 6) is -0.627. The van der Waals surface area contributed by atoms with Gasteiger partial charge in [-0.1, -0.05) is 0 Å². The maximum atomic E-state index is 11.9. The van der Waals surface area contributed by atoms with Crippen molar-refractivity contribution in [1.29, 1.82) is 5.26 Å². The highest BCUT2D eigenvalue weighted by Crippen LogP contribution is 2.11. The molecule has 1 aromatic heterocycles. The number of rotatable bonds is 4. The van der Waals surface area contributed by atoms with Crippen LogP contribution in [-0.4, -0.2) is 19.3 Å². The van der Waals surface area contributed by atoms with Crippen LogP contribution < -0.4 is 10.3 Å². The van der Waals surface area contributed by atoms with E-state index in [1.165, 1.54) is 30.3 Å². The Morgan fingerprint density at radius 2 is 1.95 bits per heavy atom. The normalized spacial score (nSPS) is 10.9. The molecule has 0 bridgehead atoms. The molecule has 1 aromatic carbocycles. The second kappa shape index (κ2) is 6.09. The summed E-state index contributed by atoms with van der Waals surface area (Å²) in [6.45, 7) is 0. The Bertz CT molecular complexity index is 806. The fourth-order valence-electron chi connectivity index (χ4n) is 1.45. The number of aromatic nitrogens is 1. The summed E-state index contributed by atoms with van der Waals surface area (Å²) < 4.78 is 24.6. The molecule has 1 amide bonds. The van der Waals surface area contributed by atoms with Crippen LogP contribution in [0.25, 0.3) is 0 Å². The number of H-pyrrole nitrogens is 1. The summed E-state index contributed by atoms with van der Waals surface area (Å²) in [5, 5.41) is 8.66. The molecule has 3 N–H and O–H groups in total. The van der Waals surface area contributed by atoms with Gasteiger partial charge in [0.1, 0.15) is 5.69 Å². The van der Waals surface area contributed by atoms with Gasteiger partial charge in [0.2, 0.25) is 0 Å². The van der Waals surface area contributed by atoms with E-state index in [-0.39, 0.29) is 10.6 Å². The molecule has 0 fully saturated rings. The fraction of sp³-hybridized carbons (Fsp3) is 0. The van der Waals surface area contributed by atoms with Crippen LogP contribution in [0.3, 0.4) is 0 Å². The van der Waals surface area contributed by atoms with E-state index >= 15 is 0 Å². The molecular weight excluding hydrogens is 360 g/mol. The van der Waals surface area contributed by atoms with Gasteiger partial charge >= 0.3 is 0 Å². The Kier molecular flexibility index (Phi) is 4.42. The van der Waals surface area contributed by atoms with Crippen molar-refractivity contribution in [2.75, 3.05) is 0 Å². The number of benzene rings is 1. The lowest BCUT2D eigenvalue weighted by atomic mass is 10.2. The van der Waals surface area contributed by atoms with Gasteiger partial charge in [-0.15, -0.1) is 4.83 Å². The van der Waals surface area contributed by atoms with E-state index in [0.29, 0.717) is 10.0 Å². The van der Waals surface area contributed by atoms with Crippen molar-refractivity contribution in [3.8, 4) is 6.07 Å². The number of nitriles is 1. The van der Waals surface area contributed by atoms with Crippen molar-refractivity contribution in [2.45, 2.75) is 4.90 Å². The summed E-state index contributed by atoms with van der Waals surface area (Å²) >= 11 is 3.17. The molecule has 9 heteroatoms. The zero-order valence-corrected chi connectivity index (χ0v) is 12.8. The molecule has 2 aromatic rings. The number of carbonyl (C=O) groups is 1. The highest BCUT2D eigenvalue weighted by Gasteiger charge is 2.16. The lowest BCUT2D eigenvalue weighted by Gasteiger charge is -2.07. The number of nitrogens with one attached hydrogen (secondary N) is 3. The van der Waals surface area contributed by atoms with Crippen molar-refractivity contribution in [2.24, 2.45) is 0 Å². The minimum atomic E-state index is -3.90. The summed E-state index contributed by atoms with van der Waals surface area (Å²) in [7, 11) is -3.90. The Morgan fingerprint density at radius 1 is 1.29 bits per heavy atom. The molecular formula is C12H9BrN4O3S. The number of carbonyl (C=O) groups excluding carboxylic acids is 1. The first-order chi connectivity index (χ1) is 9.92. The van der Waals surface area contributed by atoms with Crippen molar-refractivity contribution < 1.29 is 13.2 Å². The lowest BCUT2D eigenvalue weighted by Crippen LogP contribution is -2.41. The third-order valence-electron chi connectivity index (χ3n) is 2.49. The number of hydrogen-bond donors (Lipinski definition) is 3. The maximum Gasteiger partial charge on any atom is 0.282 e. The molecule has 0 aliphatic rings. The highest BCUT2D eigenvalue weighted by atomic mass is 79.9. The Hall–Kier alpha value is -2.15. The number of hydrazine groups is 1. The van der Waals surface area contributed by atoms with Gasteiger partial charge in [0.25, 0.3) is 15.9 Å². The monoisotopic (exact) mass is 368 g/mol. The molecule has 0 unspecified atom stereocenters. The topological polar surface area (TPSA) is 115 Å². The predicted octanol–water partition coefficient (Wildman–Crippen LogP) is 1.27. The van der Waals surface area contributed by atoms with Gasteiger partial charge < -0.3 is 4.98 Å². The van der Waals surface area contributed by atoms with E-state index in [2.05, 4.69) is 26.3 Å². The molecule has 7 nitrogen and oxygen atoms in total. The molecule has 0 aliphatic heterocycles. The quantitative estimate of drug-likeness (QED) is 0.704. The number of aromatic amines is 1. The third kappa shape index (κ3) is 3.69. The fourth-order valence-corrected chi connectivity index (χ4v) is 2.63. The van der Waals surface area contributed by atoms with Crippen LogP contribution in [0.15, 0.2) is 45.9 Å². The molecule has 1 heterocycles. The van der Waals surface area contributed by atoms with Crippen molar-refractivity contribution >= 4 is 31.9 Å². The van der Waals surface area contributed by atoms with Gasteiger partial charge in [-0.05, 0) is 46.3 Å². The Balaban J connectivity index is 2.07. The number of hydrogen-bond acceptors (Lipinski definition) is 4. The molecule has 0 radical (unpaired) electrons. The van der Waals surface area contributed by atoms with Gasteiger partial charge in [0, 0.05) is 10.7 Å². The summed E-state index contributed by atoms with van der Waals surface area (Å²) in [6, 6.07) is 8.69. The first kappa shape index (κ1) is 15.2. The van der Waals surface area contributed by atoms with E-state index in [1.807, 2.05) is 10.9 Å².